The van der Waals surface area contributed by atoms with Crippen LogP contribution >= 0.6 is 12.4 Å². The zero-order valence-corrected chi connectivity index (χ0v) is 11.6. The molecule has 0 aromatic heterocycles. The van der Waals surface area contributed by atoms with Crippen molar-refractivity contribution >= 4 is 18.3 Å². The van der Waals surface area contributed by atoms with E-state index in [1.807, 2.05) is 0 Å². The monoisotopic (exact) mass is 276 g/mol. The predicted molar refractivity (Wildman–Crippen MR) is 73.6 cm³/mol. The molecule has 5 heteroatoms. The van der Waals surface area contributed by atoms with Crippen LogP contribution in [0.3, 0.4) is 0 Å². The molecule has 0 aromatic rings. The van der Waals surface area contributed by atoms with Gasteiger partial charge in [0.25, 0.3) is 0 Å². The summed E-state index contributed by atoms with van der Waals surface area (Å²) in [5, 5.41) is 12.8. The van der Waals surface area contributed by atoms with E-state index in [9.17, 15) is 9.90 Å². The highest BCUT2D eigenvalue weighted by atomic mass is 35.5. The van der Waals surface area contributed by atoms with E-state index >= 15 is 0 Å². The van der Waals surface area contributed by atoms with Gasteiger partial charge in [-0.05, 0) is 32.1 Å². The molecule has 0 spiro atoms. The molecule has 2 saturated carbocycles. The van der Waals surface area contributed by atoms with Crippen LogP contribution in [-0.4, -0.2) is 29.2 Å². The summed E-state index contributed by atoms with van der Waals surface area (Å²) in [6.45, 7) is 0. The highest BCUT2D eigenvalue weighted by Gasteiger charge is 2.29. The minimum atomic E-state index is -0.357. The van der Waals surface area contributed by atoms with Crippen molar-refractivity contribution in [3.8, 4) is 0 Å². The van der Waals surface area contributed by atoms with Crippen molar-refractivity contribution in [3.63, 3.8) is 0 Å². The van der Waals surface area contributed by atoms with Crippen LogP contribution in [0.5, 0.6) is 0 Å². The fourth-order valence-corrected chi connectivity index (χ4v) is 3.05. The average molecular weight is 277 g/mol. The molecule has 4 N–H and O–H groups in total. The lowest BCUT2D eigenvalue weighted by Crippen LogP contribution is -2.48. The van der Waals surface area contributed by atoms with Gasteiger partial charge in [-0.1, -0.05) is 19.3 Å². The van der Waals surface area contributed by atoms with Crippen LogP contribution in [-0.2, 0) is 4.79 Å². The third-order valence-corrected chi connectivity index (χ3v) is 4.14. The molecular weight excluding hydrogens is 252 g/mol. The van der Waals surface area contributed by atoms with Crippen molar-refractivity contribution in [2.45, 2.75) is 69.6 Å². The van der Waals surface area contributed by atoms with Crippen molar-refractivity contribution in [2.75, 3.05) is 0 Å². The third kappa shape index (κ3) is 4.11. The molecule has 0 bridgehead atoms. The summed E-state index contributed by atoms with van der Waals surface area (Å²) < 4.78 is 0. The number of nitrogens with two attached hydrogens (primary N) is 1. The van der Waals surface area contributed by atoms with E-state index in [0.717, 1.165) is 51.4 Å². The first kappa shape index (κ1) is 15.7. The quantitative estimate of drug-likeness (QED) is 0.713. The number of carbonyl (C=O) groups excluding carboxylic acids is 1. The van der Waals surface area contributed by atoms with Crippen LogP contribution in [0.1, 0.15) is 51.4 Å². The Morgan fingerprint density at radius 2 is 1.83 bits per heavy atom. The van der Waals surface area contributed by atoms with E-state index in [-0.39, 0.29) is 42.4 Å². The van der Waals surface area contributed by atoms with Crippen LogP contribution in [0.4, 0.5) is 0 Å². The number of hydrogen-bond acceptors (Lipinski definition) is 3. The Bertz CT molecular complexity index is 276. The average Bonchev–Trinajstić information content (AvgIpc) is 2.32. The molecule has 2 aliphatic rings. The van der Waals surface area contributed by atoms with E-state index < -0.39 is 0 Å². The van der Waals surface area contributed by atoms with Gasteiger partial charge in [0.05, 0.1) is 12.1 Å². The summed E-state index contributed by atoms with van der Waals surface area (Å²) in [5.74, 6) is 0.166. The summed E-state index contributed by atoms with van der Waals surface area (Å²) >= 11 is 0. The second-order valence-corrected chi connectivity index (χ2v) is 5.59. The molecule has 0 saturated heterocycles. The Labute approximate surface area is 115 Å². The molecule has 0 aliphatic heterocycles. The van der Waals surface area contributed by atoms with Gasteiger partial charge in [-0.2, -0.15) is 0 Å². The normalized spacial score (nSPS) is 36.6. The first-order valence-electron chi connectivity index (χ1n) is 6.91. The molecule has 0 aromatic carbocycles. The molecule has 0 radical (unpaired) electrons. The third-order valence-electron chi connectivity index (χ3n) is 4.14. The Morgan fingerprint density at radius 3 is 2.50 bits per heavy atom. The Balaban J connectivity index is 0.00000162. The van der Waals surface area contributed by atoms with E-state index in [2.05, 4.69) is 5.32 Å². The number of nitrogens with one attached hydrogen (secondary N) is 1. The number of carbonyl (C=O) groups is 1. The standard InChI is InChI=1S/C13H24N2O2.ClH/c14-10-5-3-4-9(8-10)13(17)15-11-6-1-2-7-12(11)16;/h9-12,16H,1-8,14H2,(H,15,17);1H/t9?,10?,11-,12-;/m0./s1. The predicted octanol–water partition coefficient (Wildman–Crippen LogP) is 1.35. The maximum Gasteiger partial charge on any atom is 0.223 e. The summed E-state index contributed by atoms with van der Waals surface area (Å²) in [6.07, 6.45) is 7.37. The van der Waals surface area contributed by atoms with Crippen LogP contribution in [0.2, 0.25) is 0 Å². The Hall–Kier alpha value is -0.320. The van der Waals surface area contributed by atoms with Gasteiger partial charge in [-0.3, -0.25) is 4.79 Å². The van der Waals surface area contributed by atoms with Crippen LogP contribution in [0, 0.1) is 5.92 Å². The highest BCUT2D eigenvalue weighted by molar-refractivity contribution is 5.85. The van der Waals surface area contributed by atoms with Crippen LogP contribution < -0.4 is 11.1 Å². The summed E-state index contributed by atoms with van der Waals surface area (Å²) in [7, 11) is 0. The number of amides is 1. The molecule has 2 rings (SSSR count). The van der Waals surface area contributed by atoms with Crippen LogP contribution in [0.15, 0.2) is 0 Å². The Kier molecular flexibility index (Phi) is 6.39. The van der Waals surface area contributed by atoms with Gasteiger partial charge < -0.3 is 16.2 Å². The van der Waals surface area contributed by atoms with Crippen molar-refractivity contribution in [1.29, 1.82) is 0 Å². The smallest absolute Gasteiger partial charge is 0.223 e. The van der Waals surface area contributed by atoms with Gasteiger partial charge in [0.2, 0.25) is 5.91 Å². The summed E-state index contributed by atoms with van der Waals surface area (Å²) in [4.78, 5) is 12.1. The topological polar surface area (TPSA) is 75.4 Å². The zero-order chi connectivity index (χ0) is 12.3. The number of aliphatic hydroxyl groups is 1. The molecule has 18 heavy (non-hydrogen) atoms. The van der Waals surface area contributed by atoms with E-state index in [4.69, 9.17) is 5.73 Å². The SMILES string of the molecule is Cl.NC1CCCC(C(=O)N[C@H]2CCCC[C@@H]2O)C1. The number of halogens is 1. The lowest BCUT2D eigenvalue weighted by molar-refractivity contribution is -0.128. The second kappa shape index (κ2) is 7.31. The maximum absolute atomic E-state index is 12.1. The second-order valence-electron chi connectivity index (χ2n) is 5.59. The van der Waals surface area contributed by atoms with Gasteiger partial charge in [0.1, 0.15) is 0 Å². The molecular formula is C13H25ClN2O2. The summed E-state index contributed by atoms with van der Waals surface area (Å²) in [5.41, 5.74) is 5.89. The molecule has 1 amide bonds. The molecule has 0 heterocycles. The van der Waals surface area contributed by atoms with Gasteiger partial charge in [0.15, 0.2) is 0 Å². The van der Waals surface area contributed by atoms with E-state index in [1.165, 1.54) is 0 Å². The highest BCUT2D eigenvalue weighted by Crippen LogP contribution is 2.24. The number of aliphatic hydroxyl groups excluding tert-OH is 1. The zero-order valence-electron chi connectivity index (χ0n) is 10.8. The lowest BCUT2D eigenvalue weighted by Gasteiger charge is -2.31. The number of hydrogen-bond donors (Lipinski definition) is 3. The van der Waals surface area contributed by atoms with Gasteiger partial charge in [0, 0.05) is 12.0 Å². The molecule has 4 nitrogen and oxygen atoms in total. The minimum absolute atomic E-state index is 0. The molecule has 106 valence electrons. The van der Waals surface area contributed by atoms with Gasteiger partial charge in [-0.25, -0.2) is 0 Å². The Morgan fingerprint density at radius 1 is 1.11 bits per heavy atom. The summed E-state index contributed by atoms with van der Waals surface area (Å²) in [6, 6.07) is 0.144. The van der Waals surface area contributed by atoms with Crippen molar-refractivity contribution in [2.24, 2.45) is 11.7 Å². The van der Waals surface area contributed by atoms with E-state index in [0.29, 0.717) is 0 Å². The van der Waals surface area contributed by atoms with Gasteiger partial charge in [-0.15, -0.1) is 12.4 Å². The largest absolute Gasteiger partial charge is 0.391 e. The minimum Gasteiger partial charge on any atom is -0.391 e. The molecule has 4 atom stereocenters. The van der Waals surface area contributed by atoms with E-state index in [1.54, 1.807) is 0 Å². The van der Waals surface area contributed by atoms with Crippen molar-refractivity contribution in [1.82, 2.24) is 5.32 Å². The van der Waals surface area contributed by atoms with Crippen molar-refractivity contribution in [3.05, 3.63) is 0 Å². The molecule has 2 unspecified atom stereocenters. The molecule has 2 aliphatic carbocycles. The maximum atomic E-state index is 12.1. The van der Waals surface area contributed by atoms with Crippen molar-refractivity contribution < 1.29 is 9.90 Å². The molecule has 2 fully saturated rings. The van der Waals surface area contributed by atoms with Crippen LogP contribution in [0.25, 0.3) is 0 Å². The fourth-order valence-electron chi connectivity index (χ4n) is 3.05. The number of rotatable bonds is 2. The fraction of sp³-hybridized carbons (Fsp3) is 0.923. The first-order chi connectivity index (χ1) is 8.16. The van der Waals surface area contributed by atoms with Gasteiger partial charge >= 0.3 is 0 Å². The lowest BCUT2D eigenvalue weighted by atomic mass is 9.85. The first-order valence-corrected chi connectivity index (χ1v) is 6.91.